The highest BCUT2D eigenvalue weighted by atomic mass is 79.9. The van der Waals surface area contributed by atoms with Crippen molar-refractivity contribution in [3.8, 4) is 5.75 Å². The second kappa shape index (κ2) is 8.10. The van der Waals surface area contributed by atoms with E-state index >= 15 is 0 Å². The largest absolute Gasteiger partial charge is 0.482 e. The molecule has 2 aromatic carbocycles. The Balaban J connectivity index is 2.03. The lowest BCUT2D eigenvalue weighted by atomic mass is 10.2. The van der Waals surface area contributed by atoms with Gasteiger partial charge in [-0.2, -0.15) is 0 Å². The van der Waals surface area contributed by atoms with Crippen LogP contribution in [0.5, 0.6) is 5.75 Å². The van der Waals surface area contributed by atoms with Crippen molar-refractivity contribution in [2.45, 2.75) is 11.8 Å². The molecule has 0 fully saturated rings. The van der Waals surface area contributed by atoms with E-state index in [1.165, 1.54) is 0 Å². The minimum atomic E-state index is -0.376. The second-order valence-corrected chi connectivity index (χ2v) is 5.99. The van der Waals surface area contributed by atoms with Gasteiger partial charge in [0.1, 0.15) is 17.3 Å². The first-order chi connectivity index (χ1) is 10.2. The first kappa shape index (κ1) is 15.9. The highest BCUT2D eigenvalue weighted by Gasteiger charge is 2.14. The summed E-state index contributed by atoms with van der Waals surface area (Å²) in [6.45, 7) is 2.12. The van der Waals surface area contributed by atoms with Crippen molar-refractivity contribution in [1.82, 2.24) is 0 Å². The highest BCUT2D eigenvalue weighted by molar-refractivity contribution is 9.10. The van der Waals surface area contributed by atoms with E-state index in [4.69, 9.17) is 9.47 Å². The van der Waals surface area contributed by atoms with Gasteiger partial charge in [-0.15, -0.1) is 0 Å². The first-order valence-electron chi connectivity index (χ1n) is 6.48. The number of esters is 1. The molecule has 2 rings (SSSR count). The molecule has 0 heterocycles. The molecule has 0 spiro atoms. The van der Waals surface area contributed by atoms with E-state index in [0.29, 0.717) is 23.9 Å². The lowest BCUT2D eigenvalue weighted by molar-refractivity contribution is 0.0522. The van der Waals surface area contributed by atoms with Gasteiger partial charge in [0.15, 0.2) is 0 Å². The Morgan fingerprint density at radius 3 is 2.67 bits per heavy atom. The van der Waals surface area contributed by atoms with Crippen molar-refractivity contribution in [1.29, 1.82) is 0 Å². The summed E-state index contributed by atoms with van der Waals surface area (Å²) in [6.07, 6.45) is 0. The Morgan fingerprint density at radius 1 is 1.19 bits per heavy atom. The number of hydrogen-bond donors (Lipinski definition) is 0. The van der Waals surface area contributed by atoms with Gasteiger partial charge in [0.2, 0.25) is 0 Å². The summed E-state index contributed by atoms with van der Waals surface area (Å²) in [6, 6.07) is 15.3. The van der Waals surface area contributed by atoms with Crippen LogP contribution in [-0.4, -0.2) is 18.5 Å². The predicted octanol–water partition coefficient (Wildman–Crippen LogP) is 4.75. The predicted molar refractivity (Wildman–Crippen MR) is 87.9 cm³/mol. The van der Waals surface area contributed by atoms with Gasteiger partial charge < -0.3 is 9.47 Å². The number of thioether (sulfide) groups is 1. The number of rotatable bonds is 6. The normalized spacial score (nSPS) is 10.2. The third-order valence-electron chi connectivity index (χ3n) is 2.62. The van der Waals surface area contributed by atoms with E-state index < -0.39 is 0 Å². The van der Waals surface area contributed by atoms with Crippen LogP contribution in [0.4, 0.5) is 0 Å². The molecule has 0 N–H and O–H groups in total. The van der Waals surface area contributed by atoms with E-state index in [1.54, 1.807) is 30.8 Å². The molecule has 0 radical (unpaired) electrons. The maximum atomic E-state index is 11.9. The van der Waals surface area contributed by atoms with Crippen LogP contribution in [0.2, 0.25) is 0 Å². The minimum absolute atomic E-state index is 0.337. The molecule has 0 amide bonds. The van der Waals surface area contributed by atoms with Crippen molar-refractivity contribution < 1.29 is 14.3 Å². The number of benzene rings is 2. The molecule has 3 nitrogen and oxygen atoms in total. The van der Waals surface area contributed by atoms with E-state index in [0.717, 1.165) is 9.37 Å². The Hall–Kier alpha value is -1.46. The summed E-state index contributed by atoms with van der Waals surface area (Å²) in [5, 5.41) is 0. The van der Waals surface area contributed by atoms with Crippen LogP contribution >= 0.6 is 27.7 Å². The zero-order valence-corrected chi connectivity index (χ0v) is 13.9. The Labute approximate surface area is 136 Å². The molecular weight excluding hydrogens is 352 g/mol. The summed E-state index contributed by atoms with van der Waals surface area (Å²) in [7, 11) is 0. The molecule has 0 atom stereocenters. The minimum Gasteiger partial charge on any atom is -0.482 e. The summed E-state index contributed by atoms with van der Waals surface area (Å²) in [5.74, 6) is 0.580. The van der Waals surface area contributed by atoms with Gasteiger partial charge in [-0.25, -0.2) is 4.79 Å². The highest BCUT2D eigenvalue weighted by Crippen LogP contribution is 2.26. The molecule has 0 saturated carbocycles. The van der Waals surface area contributed by atoms with E-state index in [2.05, 4.69) is 15.9 Å². The summed E-state index contributed by atoms with van der Waals surface area (Å²) < 4.78 is 11.6. The SMILES string of the molecule is CCOC(=O)c1cc(Br)ccc1OCSc1ccccc1. The summed E-state index contributed by atoms with van der Waals surface area (Å²) >= 11 is 4.92. The maximum Gasteiger partial charge on any atom is 0.341 e. The van der Waals surface area contributed by atoms with Gasteiger partial charge in [0.05, 0.1) is 6.61 Å². The third kappa shape index (κ3) is 4.79. The maximum absolute atomic E-state index is 11.9. The fraction of sp³-hybridized carbons (Fsp3) is 0.188. The molecule has 0 aliphatic carbocycles. The summed E-state index contributed by atoms with van der Waals surface area (Å²) in [5.41, 5.74) is 0.430. The van der Waals surface area contributed by atoms with Crippen LogP contribution in [0, 0.1) is 0 Å². The van der Waals surface area contributed by atoms with Crippen LogP contribution in [-0.2, 0) is 4.74 Å². The van der Waals surface area contributed by atoms with Crippen molar-refractivity contribution in [2.24, 2.45) is 0 Å². The van der Waals surface area contributed by atoms with Gasteiger partial charge in [0, 0.05) is 9.37 Å². The van der Waals surface area contributed by atoms with Gasteiger partial charge in [-0.3, -0.25) is 0 Å². The number of carbonyl (C=O) groups is 1. The molecule has 2 aromatic rings. The molecule has 21 heavy (non-hydrogen) atoms. The second-order valence-electron chi connectivity index (χ2n) is 4.08. The molecular formula is C16H15BrO3S. The fourth-order valence-corrected chi connectivity index (χ4v) is 2.71. The van der Waals surface area contributed by atoms with Crippen molar-refractivity contribution in [2.75, 3.05) is 12.5 Å². The first-order valence-corrected chi connectivity index (χ1v) is 8.26. The Kier molecular flexibility index (Phi) is 6.14. The molecule has 0 bridgehead atoms. The third-order valence-corrected chi connectivity index (χ3v) is 3.95. The van der Waals surface area contributed by atoms with E-state index in [1.807, 2.05) is 36.4 Å². The van der Waals surface area contributed by atoms with Crippen LogP contribution in [0.15, 0.2) is 57.9 Å². The molecule has 0 aromatic heterocycles. The molecule has 0 unspecified atom stereocenters. The lowest BCUT2D eigenvalue weighted by Gasteiger charge is -2.11. The smallest absolute Gasteiger partial charge is 0.341 e. The van der Waals surface area contributed by atoms with Gasteiger partial charge >= 0.3 is 5.97 Å². The number of carbonyl (C=O) groups excluding carboxylic acids is 1. The van der Waals surface area contributed by atoms with Gasteiger partial charge in [-0.1, -0.05) is 45.9 Å². The van der Waals surface area contributed by atoms with Crippen LogP contribution in [0.1, 0.15) is 17.3 Å². The average molecular weight is 367 g/mol. The Morgan fingerprint density at radius 2 is 1.95 bits per heavy atom. The zero-order chi connectivity index (χ0) is 15.1. The van der Waals surface area contributed by atoms with Crippen LogP contribution in [0.25, 0.3) is 0 Å². The van der Waals surface area contributed by atoms with Crippen molar-refractivity contribution >= 4 is 33.7 Å². The topological polar surface area (TPSA) is 35.5 Å². The van der Waals surface area contributed by atoms with Crippen molar-refractivity contribution in [3.63, 3.8) is 0 Å². The lowest BCUT2D eigenvalue weighted by Crippen LogP contribution is -2.07. The fourth-order valence-electron chi connectivity index (χ4n) is 1.67. The van der Waals surface area contributed by atoms with Gasteiger partial charge in [-0.05, 0) is 37.3 Å². The van der Waals surface area contributed by atoms with Gasteiger partial charge in [0.25, 0.3) is 0 Å². The Bertz CT molecular complexity index is 602. The van der Waals surface area contributed by atoms with E-state index in [9.17, 15) is 4.79 Å². The standard InChI is InChI=1S/C16H15BrO3S/c1-2-19-16(18)14-10-12(17)8-9-15(14)20-11-21-13-6-4-3-5-7-13/h3-10H,2,11H2,1H3. The van der Waals surface area contributed by atoms with Crippen LogP contribution < -0.4 is 4.74 Å². The summed E-state index contributed by atoms with van der Waals surface area (Å²) in [4.78, 5) is 13.0. The molecule has 110 valence electrons. The van der Waals surface area contributed by atoms with Crippen molar-refractivity contribution in [3.05, 3.63) is 58.6 Å². The number of ether oxygens (including phenoxy) is 2. The van der Waals surface area contributed by atoms with E-state index in [-0.39, 0.29) is 5.97 Å². The molecule has 0 aliphatic rings. The zero-order valence-electron chi connectivity index (χ0n) is 11.5. The number of hydrogen-bond acceptors (Lipinski definition) is 4. The average Bonchev–Trinajstić information content (AvgIpc) is 2.50. The molecule has 0 aliphatic heterocycles. The molecule has 0 saturated heterocycles. The molecule has 5 heteroatoms. The number of halogens is 1. The quantitative estimate of drug-likeness (QED) is 0.419. The van der Waals surface area contributed by atoms with Crippen LogP contribution in [0.3, 0.4) is 0 Å². The monoisotopic (exact) mass is 366 g/mol.